The maximum Gasteiger partial charge on any atom is 0.338 e. The molecule has 0 radical (unpaired) electrons. The molecule has 0 bridgehead atoms. The van der Waals surface area contributed by atoms with Gasteiger partial charge >= 0.3 is 11.9 Å². The van der Waals surface area contributed by atoms with Crippen molar-refractivity contribution < 1.29 is 23.8 Å². The maximum absolute atomic E-state index is 13.8. The number of rotatable bonds is 6. The molecule has 2 aliphatic rings. The summed E-state index contributed by atoms with van der Waals surface area (Å²) in [5, 5.41) is 17.0. The largest absolute Gasteiger partial charge is 0.480 e. The number of nitrogens with one attached hydrogen (secondary N) is 1. The van der Waals surface area contributed by atoms with Gasteiger partial charge in [0.2, 0.25) is 5.96 Å². The summed E-state index contributed by atoms with van der Waals surface area (Å²) in [5.74, 6) is -1.55. The summed E-state index contributed by atoms with van der Waals surface area (Å²) in [5.41, 5.74) is 1.29. The number of benzene rings is 1. The lowest BCUT2D eigenvalue weighted by molar-refractivity contribution is -0.142. The van der Waals surface area contributed by atoms with Crippen LogP contribution >= 0.6 is 15.9 Å². The molecule has 1 aromatic heterocycles. The van der Waals surface area contributed by atoms with Gasteiger partial charge in [0.05, 0.1) is 12.2 Å². The number of aliphatic carboxylic acids is 1. The highest BCUT2D eigenvalue weighted by atomic mass is 79.9. The normalized spacial score (nSPS) is 21.0. The zero-order valence-electron chi connectivity index (χ0n) is 17.9. The second-order valence-corrected chi connectivity index (χ2v) is 8.53. The van der Waals surface area contributed by atoms with Crippen LogP contribution in [0.3, 0.4) is 0 Å². The SMILES string of the molecule is CCOC(=O)C1=C(CN2CCC[C@H]2C(=O)O)NC(n2cccn2)=NC1c1ccc(F)cc1Br. The predicted octanol–water partition coefficient (Wildman–Crippen LogP) is 2.70. The third kappa shape index (κ3) is 4.83. The molecule has 2 aromatic rings. The average molecular weight is 520 g/mol. The highest BCUT2D eigenvalue weighted by Gasteiger charge is 2.37. The average Bonchev–Trinajstić information content (AvgIpc) is 3.46. The molecular formula is C22H23BrFN5O4. The molecule has 2 aliphatic heterocycles. The fourth-order valence-corrected chi connectivity index (χ4v) is 4.68. The van der Waals surface area contributed by atoms with Crippen molar-refractivity contribution in [2.45, 2.75) is 31.8 Å². The van der Waals surface area contributed by atoms with E-state index in [1.54, 1.807) is 31.5 Å². The van der Waals surface area contributed by atoms with Gasteiger partial charge in [0, 0.05) is 29.1 Å². The van der Waals surface area contributed by atoms with Crippen LogP contribution in [-0.2, 0) is 14.3 Å². The van der Waals surface area contributed by atoms with Gasteiger partial charge in [-0.2, -0.15) is 5.10 Å². The third-order valence-electron chi connectivity index (χ3n) is 5.60. The molecular weight excluding hydrogens is 497 g/mol. The number of carbonyl (C=O) groups excluding carboxylic acids is 1. The molecule has 2 atom stereocenters. The zero-order valence-corrected chi connectivity index (χ0v) is 19.5. The number of carboxylic acid groups (broad SMARTS) is 1. The van der Waals surface area contributed by atoms with Crippen molar-refractivity contribution in [2.24, 2.45) is 4.99 Å². The lowest BCUT2D eigenvalue weighted by atomic mass is 9.95. The van der Waals surface area contributed by atoms with Gasteiger partial charge in [-0.3, -0.25) is 9.69 Å². The van der Waals surface area contributed by atoms with Crippen LogP contribution < -0.4 is 5.32 Å². The Hall–Kier alpha value is -3.05. The second kappa shape index (κ2) is 9.84. The number of esters is 1. The Morgan fingerprint density at radius 2 is 2.21 bits per heavy atom. The number of hydrogen-bond donors (Lipinski definition) is 2. The van der Waals surface area contributed by atoms with Gasteiger partial charge < -0.3 is 15.2 Å². The Bertz CT molecular complexity index is 1120. The summed E-state index contributed by atoms with van der Waals surface area (Å²) in [4.78, 5) is 31.4. The van der Waals surface area contributed by atoms with Crippen molar-refractivity contribution in [2.75, 3.05) is 19.7 Å². The number of aliphatic imine (C=N–C) groups is 1. The first-order chi connectivity index (χ1) is 15.9. The van der Waals surface area contributed by atoms with Gasteiger partial charge in [-0.25, -0.2) is 18.9 Å². The highest BCUT2D eigenvalue weighted by Crippen LogP contribution is 2.36. The molecule has 1 fully saturated rings. The smallest absolute Gasteiger partial charge is 0.338 e. The molecule has 1 unspecified atom stereocenters. The molecule has 11 heteroatoms. The van der Waals surface area contributed by atoms with Crippen LogP contribution in [0.4, 0.5) is 4.39 Å². The van der Waals surface area contributed by atoms with Crippen molar-refractivity contribution in [1.29, 1.82) is 0 Å². The summed E-state index contributed by atoms with van der Waals surface area (Å²) in [7, 11) is 0. The molecule has 0 spiro atoms. The van der Waals surface area contributed by atoms with Crippen molar-refractivity contribution in [3.8, 4) is 0 Å². The van der Waals surface area contributed by atoms with Gasteiger partial charge in [0.15, 0.2) is 0 Å². The molecule has 3 heterocycles. The van der Waals surface area contributed by atoms with E-state index in [1.807, 2.05) is 4.90 Å². The molecule has 1 saturated heterocycles. The van der Waals surface area contributed by atoms with Gasteiger partial charge in [-0.05, 0) is 50.1 Å². The van der Waals surface area contributed by atoms with Crippen molar-refractivity contribution in [3.63, 3.8) is 0 Å². The Kier molecular flexibility index (Phi) is 6.89. The molecule has 0 aliphatic carbocycles. The summed E-state index contributed by atoms with van der Waals surface area (Å²) >= 11 is 3.39. The van der Waals surface area contributed by atoms with E-state index in [1.165, 1.54) is 16.8 Å². The molecule has 1 aromatic carbocycles. The van der Waals surface area contributed by atoms with Crippen LogP contribution in [0.15, 0.2) is 57.4 Å². The van der Waals surface area contributed by atoms with E-state index in [4.69, 9.17) is 9.73 Å². The molecule has 174 valence electrons. The zero-order chi connectivity index (χ0) is 23.5. The van der Waals surface area contributed by atoms with Gasteiger partial charge in [-0.1, -0.05) is 22.0 Å². The third-order valence-corrected chi connectivity index (χ3v) is 6.28. The molecule has 2 N–H and O–H groups in total. The summed E-state index contributed by atoms with van der Waals surface area (Å²) in [6, 6.07) is 4.44. The Morgan fingerprint density at radius 1 is 1.39 bits per heavy atom. The first kappa shape index (κ1) is 23.1. The topological polar surface area (TPSA) is 109 Å². The summed E-state index contributed by atoms with van der Waals surface area (Å²) in [6.07, 6.45) is 4.57. The summed E-state index contributed by atoms with van der Waals surface area (Å²) < 4.78 is 21.1. The van der Waals surface area contributed by atoms with Crippen LogP contribution in [0.2, 0.25) is 0 Å². The van der Waals surface area contributed by atoms with Crippen molar-refractivity contribution in [3.05, 3.63) is 63.8 Å². The standard InChI is InChI=1S/C22H23BrFN5O4/c1-2-33-21(32)18-16(12-28-9-3-5-17(28)20(30)31)26-22(29-10-4-8-25-29)27-19(18)14-7-6-13(24)11-15(14)23/h4,6-8,10-11,17,19H,2-3,5,9,12H2,1H3,(H,26,27)(H,30,31)/t17-,19?/m0/s1. The van der Waals surface area contributed by atoms with Crippen LogP contribution in [0.5, 0.6) is 0 Å². The fraction of sp³-hybridized carbons (Fsp3) is 0.364. The van der Waals surface area contributed by atoms with E-state index < -0.39 is 29.8 Å². The van der Waals surface area contributed by atoms with Crippen LogP contribution in [0.1, 0.15) is 31.4 Å². The van der Waals surface area contributed by atoms with Crippen molar-refractivity contribution >= 4 is 33.8 Å². The highest BCUT2D eigenvalue weighted by molar-refractivity contribution is 9.10. The number of halogens is 2. The van der Waals surface area contributed by atoms with Gasteiger partial charge in [0.25, 0.3) is 0 Å². The van der Waals surface area contributed by atoms with E-state index in [9.17, 15) is 19.1 Å². The number of hydrogen-bond acceptors (Lipinski definition) is 7. The predicted molar refractivity (Wildman–Crippen MR) is 121 cm³/mol. The van der Waals surface area contributed by atoms with E-state index in [0.717, 1.165) is 6.42 Å². The number of nitrogens with zero attached hydrogens (tertiary/aromatic N) is 4. The van der Waals surface area contributed by atoms with Gasteiger partial charge in [0.1, 0.15) is 17.9 Å². The molecule has 0 amide bonds. The van der Waals surface area contributed by atoms with E-state index in [0.29, 0.717) is 34.7 Å². The molecule has 33 heavy (non-hydrogen) atoms. The van der Waals surface area contributed by atoms with E-state index >= 15 is 0 Å². The minimum atomic E-state index is -0.902. The first-order valence-corrected chi connectivity index (χ1v) is 11.3. The maximum atomic E-state index is 13.8. The number of likely N-dealkylation sites (tertiary alicyclic amines) is 1. The minimum Gasteiger partial charge on any atom is -0.480 e. The van der Waals surface area contributed by atoms with Crippen LogP contribution in [0, 0.1) is 5.82 Å². The van der Waals surface area contributed by atoms with E-state index in [-0.39, 0.29) is 18.7 Å². The molecule has 4 rings (SSSR count). The fourth-order valence-electron chi connectivity index (χ4n) is 4.11. The number of carbonyl (C=O) groups is 2. The Balaban J connectivity index is 1.83. The quantitative estimate of drug-likeness (QED) is 0.564. The monoisotopic (exact) mass is 519 g/mol. The number of carboxylic acids is 1. The number of aromatic nitrogens is 2. The second-order valence-electron chi connectivity index (χ2n) is 7.68. The van der Waals surface area contributed by atoms with E-state index in [2.05, 4.69) is 26.3 Å². The lowest BCUT2D eigenvalue weighted by Crippen LogP contribution is -2.44. The van der Waals surface area contributed by atoms with Crippen molar-refractivity contribution in [1.82, 2.24) is 20.0 Å². The first-order valence-electron chi connectivity index (χ1n) is 10.6. The minimum absolute atomic E-state index is 0.157. The van der Waals surface area contributed by atoms with Gasteiger partial charge in [-0.15, -0.1) is 0 Å². The molecule has 0 saturated carbocycles. The number of ether oxygens (including phenoxy) is 1. The summed E-state index contributed by atoms with van der Waals surface area (Å²) in [6.45, 7) is 2.62. The van der Waals surface area contributed by atoms with Crippen LogP contribution in [-0.4, -0.2) is 63.4 Å². The van der Waals surface area contributed by atoms with Crippen LogP contribution in [0.25, 0.3) is 0 Å². The Morgan fingerprint density at radius 3 is 2.88 bits per heavy atom. The lowest BCUT2D eigenvalue weighted by Gasteiger charge is -2.31. The molecule has 9 nitrogen and oxygen atoms in total. The Labute approximate surface area is 198 Å².